The first-order chi connectivity index (χ1) is 13.6. The van der Waals surface area contributed by atoms with E-state index in [1.807, 2.05) is 25.1 Å². The molecule has 0 spiro atoms. The van der Waals surface area contributed by atoms with Crippen molar-refractivity contribution in [2.45, 2.75) is 20.1 Å². The number of nitrogens with zero attached hydrogens (tertiary/aromatic N) is 5. The van der Waals surface area contributed by atoms with Crippen molar-refractivity contribution in [2.75, 3.05) is 0 Å². The van der Waals surface area contributed by atoms with Crippen LogP contribution in [-0.2, 0) is 18.0 Å². The van der Waals surface area contributed by atoms with Gasteiger partial charge in [-0.3, -0.25) is 13.8 Å². The third kappa shape index (κ3) is 2.96. The average molecular weight is 380 g/mol. The number of nitrogens with two attached hydrogens (primary N) is 1. The van der Waals surface area contributed by atoms with Gasteiger partial charge in [-0.05, 0) is 43.3 Å². The van der Waals surface area contributed by atoms with Gasteiger partial charge in [0.05, 0.1) is 10.9 Å². The van der Waals surface area contributed by atoms with Crippen molar-refractivity contribution in [3.05, 3.63) is 76.1 Å². The second kappa shape index (κ2) is 7.10. The molecule has 4 aromatic rings. The topological polar surface area (TPSA) is 99.8 Å². The molecule has 2 aromatic carbocycles. The predicted octanol–water partition coefficient (Wildman–Crippen LogP) is 2.04. The molecule has 2 aromatic heterocycles. The highest BCUT2D eigenvalue weighted by Crippen LogP contribution is 2.15. The number of hydrogen-bond donors (Lipinski definition) is 1. The van der Waals surface area contributed by atoms with Crippen LogP contribution >= 0.6 is 0 Å². The van der Waals surface area contributed by atoms with Gasteiger partial charge in [-0.1, -0.05) is 17.3 Å². The number of halogens is 1. The number of fused-ring (bicyclic) bond motifs is 3. The smallest absolute Gasteiger partial charge is 0.262 e. The van der Waals surface area contributed by atoms with Crippen LogP contribution in [0.1, 0.15) is 18.3 Å². The molecule has 0 saturated heterocycles. The Hall–Kier alpha value is -3.75. The van der Waals surface area contributed by atoms with Crippen LogP contribution in [0.2, 0.25) is 0 Å². The van der Waals surface area contributed by atoms with Gasteiger partial charge in [-0.25, -0.2) is 4.39 Å². The number of oxime groups is 1. The number of hydrogen-bond acceptors (Lipinski definition) is 5. The van der Waals surface area contributed by atoms with Crippen molar-refractivity contribution in [3.8, 4) is 0 Å². The third-order valence-electron chi connectivity index (χ3n) is 4.39. The Bertz CT molecular complexity index is 1240. The Kier molecular flexibility index (Phi) is 4.48. The van der Waals surface area contributed by atoms with Crippen LogP contribution in [0.4, 0.5) is 4.39 Å². The molecule has 8 nitrogen and oxygen atoms in total. The van der Waals surface area contributed by atoms with E-state index in [4.69, 9.17) is 10.6 Å². The Balaban J connectivity index is 1.70. The molecule has 4 rings (SSSR count). The highest BCUT2D eigenvalue weighted by Gasteiger charge is 2.15. The van der Waals surface area contributed by atoms with Crippen LogP contribution in [0.25, 0.3) is 16.7 Å². The van der Waals surface area contributed by atoms with Gasteiger partial charge in [-0.15, -0.1) is 10.2 Å². The van der Waals surface area contributed by atoms with Gasteiger partial charge in [-0.2, -0.15) is 0 Å². The minimum absolute atomic E-state index is 0.00499. The van der Waals surface area contributed by atoms with E-state index in [0.717, 1.165) is 0 Å². The molecule has 9 heteroatoms. The van der Waals surface area contributed by atoms with Crippen LogP contribution in [0.3, 0.4) is 0 Å². The fraction of sp³-hybridized carbons (Fsp3) is 0.158. The molecule has 0 radical (unpaired) electrons. The first-order valence-electron chi connectivity index (χ1n) is 8.67. The molecule has 142 valence electrons. The van der Waals surface area contributed by atoms with E-state index >= 15 is 0 Å². The van der Waals surface area contributed by atoms with Gasteiger partial charge < -0.3 is 10.6 Å². The van der Waals surface area contributed by atoms with Crippen molar-refractivity contribution in [1.82, 2.24) is 19.2 Å². The summed E-state index contributed by atoms with van der Waals surface area (Å²) in [5, 5.41) is 12.7. The number of aromatic nitrogens is 4. The molecule has 0 atom stereocenters. The van der Waals surface area contributed by atoms with E-state index in [-0.39, 0.29) is 23.8 Å². The lowest BCUT2D eigenvalue weighted by Crippen LogP contribution is -2.22. The lowest BCUT2D eigenvalue weighted by Gasteiger charge is -2.09. The van der Waals surface area contributed by atoms with E-state index in [2.05, 4.69) is 15.4 Å². The predicted molar refractivity (Wildman–Crippen MR) is 102 cm³/mol. The first-order valence-corrected chi connectivity index (χ1v) is 8.67. The summed E-state index contributed by atoms with van der Waals surface area (Å²) in [5.41, 5.74) is 6.97. The summed E-state index contributed by atoms with van der Waals surface area (Å²) in [4.78, 5) is 18.0. The summed E-state index contributed by atoms with van der Waals surface area (Å²) in [5.74, 6) is 0.662. The van der Waals surface area contributed by atoms with Gasteiger partial charge in [0.15, 0.2) is 18.3 Å². The molecule has 28 heavy (non-hydrogen) atoms. The molecule has 0 aliphatic heterocycles. The minimum atomic E-state index is -0.360. The summed E-state index contributed by atoms with van der Waals surface area (Å²) in [6, 6.07) is 12.8. The fourth-order valence-corrected chi connectivity index (χ4v) is 3.03. The van der Waals surface area contributed by atoms with E-state index in [9.17, 15) is 9.18 Å². The third-order valence-corrected chi connectivity index (χ3v) is 4.39. The number of amidine groups is 1. The van der Waals surface area contributed by atoms with Crippen LogP contribution in [-0.4, -0.2) is 25.0 Å². The van der Waals surface area contributed by atoms with Gasteiger partial charge in [0.1, 0.15) is 5.82 Å². The maximum Gasteiger partial charge on any atom is 0.262 e. The van der Waals surface area contributed by atoms with E-state index in [1.54, 1.807) is 15.0 Å². The van der Waals surface area contributed by atoms with Gasteiger partial charge in [0, 0.05) is 12.1 Å². The second-order valence-corrected chi connectivity index (χ2v) is 6.08. The molecular formula is C19H17FN6O2. The molecule has 0 bridgehead atoms. The van der Waals surface area contributed by atoms with Crippen LogP contribution in [0.5, 0.6) is 0 Å². The average Bonchev–Trinajstić information content (AvgIpc) is 3.13. The van der Waals surface area contributed by atoms with Gasteiger partial charge in [0.25, 0.3) is 5.56 Å². The Morgan fingerprint density at radius 2 is 1.93 bits per heavy atom. The quantitative estimate of drug-likeness (QED) is 0.324. The summed E-state index contributed by atoms with van der Waals surface area (Å²) >= 11 is 0. The van der Waals surface area contributed by atoms with Crippen LogP contribution < -0.4 is 11.3 Å². The summed E-state index contributed by atoms with van der Waals surface area (Å²) in [6.45, 7) is 2.32. The van der Waals surface area contributed by atoms with Crippen molar-refractivity contribution >= 4 is 22.5 Å². The standard InChI is InChI=1S/C19H17FN6O2/c1-2-25-18(27)14-5-3-4-6-15(14)26-16(22-23-19(25)26)11-28-24-17(21)12-7-9-13(20)10-8-12/h3-10H,2,11H2,1H3,(H2,21,24). The Morgan fingerprint density at radius 3 is 2.68 bits per heavy atom. The zero-order valence-electron chi connectivity index (χ0n) is 15.0. The number of para-hydroxylation sites is 1. The summed E-state index contributed by atoms with van der Waals surface area (Å²) < 4.78 is 16.3. The monoisotopic (exact) mass is 380 g/mol. The highest BCUT2D eigenvalue weighted by atomic mass is 19.1. The first kappa shape index (κ1) is 17.7. The molecule has 2 heterocycles. The molecule has 0 fully saturated rings. The summed E-state index contributed by atoms with van der Waals surface area (Å²) in [7, 11) is 0. The largest absolute Gasteiger partial charge is 0.386 e. The highest BCUT2D eigenvalue weighted by molar-refractivity contribution is 5.96. The summed E-state index contributed by atoms with van der Waals surface area (Å²) in [6.07, 6.45) is 0. The van der Waals surface area contributed by atoms with Gasteiger partial charge >= 0.3 is 0 Å². The van der Waals surface area contributed by atoms with Crippen molar-refractivity contribution in [2.24, 2.45) is 10.9 Å². The van der Waals surface area contributed by atoms with Crippen molar-refractivity contribution < 1.29 is 9.23 Å². The number of aryl methyl sites for hydroxylation is 1. The van der Waals surface area contributed by atoms with Crippen molar-refractivity contribution in [1.29, 1.82) is 0 Å². The second-order valence-electron chi connectivity index (χ2n) is 6.08. The molecule has 0 aliphatic carbocycles. The van der Waals surface area contributed by atoms with E-state index in [1.165, 1.54) is 24.3 Å². The Labute approximate surface area is 158 Å². The minimum Gasteiger partial charge on any atom is -0.386 e. The van der Waals surface area contributed by atoms with E-state index < -0.39 is 0 Å². The van der Waals surface area contributed by atoms with Crippen molar-refractivity contribution in [3.63, 3.8) is 0 Å². The zero-order valence-corrected chi connectivity index (χ0v) is 15.0. The molecule has 0 saturated carbocycles. The van der Waals surface area contributed by atoms with Crippen LogP contribution in [0, 0.1) is 5.82 Å². The van der Waals surface area contributed by atoms with Gasteiger partial charge in [0.2, 0.25) is 5.78 Å². The maximum atomic E-state index is 13.0. The van der Waals surface area contributed by atoms with E-state index in [0.29, 0.717) is 34.6 Å². The lowest BCUT2D eigenvalue weighted by molar-refractivity contribution is 0.124. The normalized spacial score (nSPS) is 12.0. The van der Waals surface area contributed by atoms with Crippen LogP contribution in [0.15, 0.2) is 58.5 Å². The number of rotatable bonds is 5. The maximum absolute atomic E-state index is 13.0. The molecule has 0 amide bonds. The lowest BCUT2D eigenvalue weighted by atomic mass is 10.2. The zero-order chi connectivity index (χ0) is 19.7. The molecule has 2 N–H and O–H groups in total. The molecular weight excluding hydrogens is 363 g/mol. The number of benzene rings is 2. The molecule has 0 unspecified atom stereocenters. The SMILES string of the molecule is CCn1c(=O)c2ccccc2n2c(CO/N=C(/N)c3ccc(F)cc3)nnc12. The Morgan fingerprint density at radius 1 is 1.18 bits per heavy atom. The molecule has 0 aliphatic rings. The fourth-order valence-electron chi connectivity index (χ4n) is 3.03.